The number of oxazole rings is 1. The number of nitrogens with one attached hydrogen (secondary N) is 2. The molecule has 0 aliphatic heterocycles. The lowest BCUT2D eigenvalue weighted by Crippen LogP contribution is -2.59. The van der Waals surface area contributed by atoms with Crippen molar-refractivity contribution in [1.29, 1.82) is 5.26 Å². The van der Waals surface area contributed by atoms with Gasteiger partial charge in [0.2, 0.25) is 5.91 Å². The first-order chi connectivity index (χ1) is 19.5. The molecule has 0 spiro atoms. The molecule has 10 nitrogen and oxygen atoms in total. The summed E-state index contributed by atoms with van der Waals surface area (Å²) in [4.78, 5) is 38.1. The van der Waals surface area contributed by atoms with Gasteiger partial charge in [-0.2, -0.15) is 5.26 Å². The number of hydrogen-bond acceptors (Lipinski definition) is 7. The highest BCUT2D eigenvalue weighted by Crippen LogP contribution is 2.31. The van der Waals surface area contributed by atoms with Crippen molar-refractivity contribution >= 4 is 23.1 Å². The average Bonchev–Trinajstić information content (AvgIpc) is 3.52. The van der Waals surface area contributed by atoms with Crippen LogP contribution in [0, 0.1) is 11.3 Å². The summed E-state index contributed by atoms with van der Waals surface area (Å²) in [7, 11) is 1.63. The molecule has 2 aromatic carbocycles. The van der Waals surface area contributed by atoms with Crippen LogP contribution < -0.4 is 16.4 Å². The molecule has 1 fully saturated rings. The van der Waals surface area contributed by atoms with Crippen molar-refractivity contribution in [1.82, 2.24) is 15.2 Å². The number of benzene rings is 2. The third kappa shape index (κ3) is 7.35. The van der Waals surface area contributed by atoms with E-state index in [-0.39, 0.29) is 5.91 Å². The van der Waals surface area contributed by atoms with Crippen LogP contribution in [0.2, 0.25) is 0 Å². The summed E-state index contributed by atoms with van der Waals surface area (Å²) in [5, 5.41) is 15.4. The van der Waals surface area contributed by atoms with E-state index in [4.69, 9.17) is 13.9 Å². The molecular formula is C31H38N4O6. The molecule has 1 aliphatic carbocycles. The fourth-order valence-electron chi connectivity index (χ4n) is 5.20. The van der Waals surface area contributed by atoms with Gasteiger partial charge in [0.1, 0.15) is 17.2 Å². The minimum atomic E-state index is -1.09. The number of carbonyl (C=O) groups excluding carboxylic acids is 2. The molecular weight excluding hydrogens is 524 g/mol. The Morgan fingerprint density at radius 1 is 1.12 bits per heavy atom. The second kappa shape index (κ2) is 12.6. The number of ether oxygens (including phenoxy) is 2. The monoisotopic (exact) mass is 562 g/mol. The molecule has 10 heteroatoms. The molecule has 0 radical (unpaired) electrons. The quantitative estimate of drug-likeness (QED) is 0.342. The summed E-state index contributed by atoms with van der Waals surface area (Å²) >= 11 is 0. The van der Waals surface area contributed by atoms with Crippen LogP contribution >= 0.6 is 0 Å². The molecule has 3 aromatic rings. The van der Waals surface area contributed by atoms with Crippen molar-refractivity contribution in [2.24, 2.45) is 0 Å². The molecule has 218 valence electrons. The highest BCUT2D eigenvalue weighted by molar-refractivity contribution is 5.90. The van der Waals surface area contributed by atoms with Gasteiger partial charge in [0.15, 0.2) is 5.58 Å². The lowest BCUT2D eigenvalue weighted by molar-refractivity contribution is -0.128. The Morgan fingerprint density at radius 2 is 1.80 bits per heavy atom. The van der Waals surface area contributed by atoms with Gasteiger partial charge in [-0.05, 0) is 68.9 Å². The van der Waals surface area contributed by atoms with Gasteiger partial charge in [0, 0.05) is 26.7 Å². The molecule has 2 amide bonds. The lowest BCUT2D eigenvalue weighted by Gasteiger charge is -2.31. The van der Waals surface area contributed by atoms with Crippen LogP contribution in [0.25, 0.3) is 22.2 Å². The van der Waals surface area contributed by atoms with Crippen LogP contribution in [0.4, 0.5) is 4.79 Å². The molecule has 1 aliphatic rings. The van der Waals surface area contributed by atoms with Crippen LogP contribution in [-0.4, -0.2) is 47.5 Å². The van der Waals surface area contributed by atoms with Gasteiger partial charge in [-0.1, -0.05) is 43.2 Å². The van der Waals surface area contributed by atoms with Gasteiger partial charge in [0.05, 0.1) is 11.6 Å². The van der Waals surface area contributed by atoms with Crippen molar-refractivity contribution in [2.45, 2.75) is 83.0 Å². The molecule has 4 rings (SSSR count). The second-order valence-corrected chi connectivity index (χ2v) is 11.5. The van der Waals surface area contributed by atoms with E-state index in [0.29, 0.717) is 44.4 Å². The van der Waals surface area contributed by atoms with Crippen molar-refractivity contribution in [3.63, 3.8) is 0 Å². The molecule has 2 N–H and O–H groups in total. The summed E-state index contributed by atoms with van der Waals surface area (Å²) in [5.41, 5.74) is 2.22. The van der Waals surface area contributed by atoms with Crippen molar-refractivity contribution in [3.8, 4) is 17.2 Å². The zero-order valence-electron chi connectivity index (χ0n) is 24.1. The van der Waals surface area contributed by atoms with Crippen LogP contribution in [0.15, 0.2) is 51.7 Å². The summed E-state index contributed by atoms with van der Waals surface area (Å²) in [5.74, 6) is -0.761. The molecule has 41 heavy (non-hydrogen) atoms. The van der Waals surface area contributed by atoms with Crippen LogP contribution in [0.3, 0.4) is 0 Å². The summed E-state index contributed by atoms with van der Waals surface area (Å²) < 4.78 is 17.5. The predicted octanol–water partition coefficient (Wildman–Crippen LogP) is 4.69. The SMILES string of the molecule is COCCCn1c(=O)oc2ccc(-c3ccc(C[C@@H](C#N)NC(=O)C4(NC(=O)OC(C)(C)C)CCCC4)cc3)cc21. The van der Waals surface area contributed by atoms with Crippen LogP contribution in [0.5, 0.6) is 0 Å². The van der Waals surface area contributed by atoms with E-state index in [1.165, 1.54) is 0 Å². The first kappa shape index (κ1) is 29.9. The molecule has 1 atom stereocenters. The topological polar surface area (TPSA) is 136 Å². The third-order valence-electron chi connectivity index (χ3n) is 7.22. The first-order valence-corrected chi connectivity index (χ1v) is 14.0. The van der Waals surface area contributed by atoms with E-state index >= 15 is 0 Å². The molecule has 1 saturated carbocycles. The van der Waals surface area contributed by atoms with Gasteiger partial charge < -0.3 is 24.5 Å². The molecule has 1 aromatic heterocycles. The van der Waals surface area contributed by atoms with Gasteiger partial charge in [-0.25, -0.2) is 9.59 Å². The molecule has 1 heterocycles. The second-order valence-electron chi connectivity index (χ2n) is 11.5. The number of amides is 2. The Morgan fingerprint density at radius 3 is 2.44 bits per heavy atom. The standard InChI is InChI=1S/C31H38N4O6/c1-30(2,3)41-28(37)34-31(14-5-6-15-31)27(36)33-24(20-32)18-21-8-10-22(11-9-21)23-12-13-26-25(19-23)35(29(38)40-26)16-7-17-39-4/h8-13,19,24H,5-7,14-18H2,1-4H3,(H,33,36)(H,34,37)/t24-/m0/s1. The average molecular weight is 563 g/mol. The number of alkyl carbamates (subject to hydrolysis) is 1. The first-order valence-electron chi connectivity index (χ1n) is 14.0. The Balaban J connectivity index is 1.44. The van der Waals surface area contributed by atoms with Crippen molar-refractivity contribution in [2.75, 3.05) is 13.7 Å². The van der Waals surface area contributed by atoms with E-state index in [2.05, 4.69) is 16.7 Å². The van der Waals surface area contributed by atoms with Crippen molar-refractivity contribution < 1.29 is 23.5 Å². The Hall–Kier alpha value is -4.10. The number of methoxy groups -OCH3 is 1. The Bertz CT molecular complexity index is 1470. The maximum Gasteiger partial charge on any atom is 0.419 e. The van der Waals surface area contributed by atoms with E-state index in [0.717, 1.165) is 35.0 Å². The number of nitrogens with zero attached hydrogens (tertiary/aromatic N) is 2. The number of fused-ring (bicyclic) bond motifs is 1. The van der Waals surface area contributed by atoms with Crippen LogP contribution in [-0.2, 0) is 27.2 Å². The smallest absolute Gasteiger partial charge is 0.419 e. The normalized spacial score (nSPS) is 15.3. The zero-order valence-corrected chi connectivity index (χ0v) is 24.1. The summed E-state index contributed by atoms with van der Waals surface area (Å²) in [6.45, 7) is 6.35. The maximum absolute atomic E-state index is 13.3. The highest BCUT2D eigenvalue weighted by Gasteiger charge is 2.44. The summed E-state index contributed by atoms with van der Waals surface area (Å²) in [6, 6.07) is 14.8. The van der Waals surface area contributed by atoms with Gasteiger partial charge >= 0.3 is 11.8 Å². The number of aromatic nitrogens is 1. The Labute approximate surface area is 239 Å². The highest BCUT2D eigenvalue weighted by atomic mass is 16.6. The number of hydrogen-bond donors (Lipinski definition) is 2. The number of rotatable bonds is 10. The van der Waals surface area contributed by atoms with E-state index in [1.807, 2.05) is 36.4 Å². The minimum absolute atomic E-state index is 0.310. The number of aryl methyl sites for hydroxylation is 1. The largest absolute Gasteiger partial charge is 0.444 e. The van der Waals surface area contributed by atoms with Crippen molar-refractivity contribution in [3.05, 3.63) is 58.6 Å². The van der Waals surface area contributed by atoms with E-state index < -0.39 is 29.0 Å². The maximum atomic E-state index is 13.3. The number of nitriles is 1. The number of carbonyl (C=O) groups is 2. The minimum Gasteiger partial charge on any atom is -0.444 e. The fraction of sp³-hybridized carbons (Fsp3) is 0.484. The fourth-order valence-corrected chi connectivity index (χ4v) is 5.20. The predicted molar refractivity (Wildman–Crippen MR) is 154 cm³/mol. The van der Waals surface area contributed by atoms with Gasteiger partial charge in [-0.3, -0.25) is 9.36 Å². The van der Waals surface area contributed by atoms with Crippen LogP contribution in [0.1, 0.15) is 58.4 Å². The van der Waals surface area contributed by atoms with E-state index in [1.54, 1.807) is 38.5 Å². The van der Waals surface area contributed by atoms with E-state index in [9.17, 15) is 19.6 Å². The molecule has 0 unspecified atom stereocenters. The lowest BCUT2D eigenvalue weighted by atomic mass is 9.95. The summed E-state index contributed by atoms with van der Waals surface area (Å²) in [6.07, 6.45) is 2.95. The third-order valence-corrected chi connectivity index (χ3v) is 7.22. The Kier molecular flexibility index (Phi) is 9.18. The van der Waals surface area contributed by atoms with Gasteiger partial charge in [-0.15, -0.1) is 0 Å². The zero-order chi connectivity index (χ0) is 29.6. The molecule has 0 bridgehead atoms. The van der Waals surface area contributed by atoms with Gasteiger partial charge in [0.25, 0.3) is 0 Å². The molecule has 0 saturated heterocycles.